The highest BCUT2D eigenvalue weighted by atomic mass is 35.5. The molecular weight excluding hydrogens is 250 g/mol. The van der Waals surface area contributed by atoms with Gasteiger partial charge in [-0.3, -0.25) is 0 Å². The molecule has 0 atom stereocenters. The van der Waals surface area contributed by atoms with Gasteiger partial charge in [0.2, 0.25) is 0 Å². The van der Waals surface area contributed by atoms with Crippen LogP contribution in [0.5, 0.6) is 0 Å². The zero-order valence-electron chi connectivity index (χ0n) is 10.7. The van der Waals surface area contributed by atoms with Gasteiger partial charge in [-0.25, -0.2) is 4.79 Å². The third kappa shape index (κ3) is 4.22. The van der Waals surface area contributed by atoms with Crippen LogP contribution in [0.2, 0.25) is 0 Å². The van der Waals surface area contributed by atoms with Crippen LogP contribution in [0.25, 0.3) is 0 Å². The minimum atomic E-state index is -0.176. The fourth-order valence-corrected chi connectivity index (χ4v) is 2.00. The lowest BCUT2D eigenvalue weighted by Crippen LogP contribution is -2.35. The van der Waals surface area contributed by atoms with Gasteiger partial charge < -0.3 is 9.64 Å². The Labute approximate surface area is 115 Å². The summed E-state index contributed by atoms with van der Waals surface area (Å²) in [6, 6.07) is 8.06. The van der Waals surface area contributed by atoms with Crippen LogP contribution in [0.1, 0.15) is 30.4 Å². The van der Waals surface area contributed by atoms with E-state index in [1.54, 1.807) is 4.90 Å². The fourth-order valence-electron chi connectivity index (χ4n) is 2.00. The fraction of sp³-hybridized carbons (Fsp3) is 0.500. The Kier molecular flexibility index (Phi) is 5.99. The van der Waals surface area contributed by atoms with Crippen molar-refractivity contribution < 1.29 is 9.53 Å². The molecule has 2 rings (SSSR count). The number of likely N-dealkylation sites (tertiary alicyclic amines) is 1. The summed E-state index contributed by atoms with van der Waals surface area (Å²) in [5.74, 6) is 0. The molecule has 1 heterocycles. The number of rotatable bonds is 2. The predicted molar refractivity (Wildman–Crippen MR) is 74.0 cm³/mol. The highest BCUT2D eigenvalue weighted by Gasteiger charge is 2.17. The molecule has 1 aliphatic rings. The van der Waals surface area contributed by atoms with Crippen molar-refractivity contribution in [2.75, 3.05) is 13.1 Å². The first-order valence-corrected chi connectivity index (χ1v) is 6.23. The van der Waals surface area contributed by atoms with Gasteiger partial charge in [-0.05, 0) is 31.7 Å². The molecule has 0 radical (unpaired) electrons. The largest absolute Gasteiger partial charge is 0.445 e. The molecular formula is C14H20ClNO2. The highest BCUT2D eigenvalue weighted by Crippen LogP contribution is 2.11. The minimum Gasteiger partial charge on any atom is -0.445 e. The van der Waals surface area contributed by atoms with Gasteiger partial charge in [0.25, 0.3) is 0 Å². The van der Waals surface area contributed by atoms with Crippen LogP contribution >= 0.6 is 12.4 Å². The average Bonchev–Trinajstić information content (AvgIpc) is 2.39. The number of carbonyl (C=O) groups is 1. The number of benzene rings is 1. The summed E-state index contributed by atoms with van der Waals surface area (Å²) in [5, 5.41) is 0. The van der Waals surface area contributed by atoms with Gasteiger partial charge in [0.15, 0.2) is 0 Å². The maximum atomic E-state index is 11.7. The maximum Gasteiger partial charge on any atom is 0.410 e. The second-order valence-electron chi connectivity index (χ2n) is 4.59. The third-order valence-corrected chi connectivity index (χ3v) is 3.10. The van der Waals surface area contributed by atoms with Crippen LogP contribution in [0.4, 0.5) is 4.79 Å². The lowest BCUT2D eigenvalue weighted by molar-refractivity contribution is 0.0894. The normalized spacial score (nSPS) is 14.8. The molecule has 100 valence electrons. The highest BCUT2D eigenvalue weighted by molar-refractivity contribution is 5.85. The average molecular weight is 270 g/mol. The van der Waals surface area contributed by atoms with Crippen LogP contribution in [0, 0.1) is 6.92 Å². The summed E-state index contributed by atoms with van der Waals surface area (Å²) >= 11 is 0. The number of hydrogen-bond donors (Lipinski definition) is 0. The molecule has 0 bridgehead atoms. The maximum absolute atomic E-state index is 11.7. The van der Waals surface area contributed by atoms with E-state index in [0.717, 1.165) is 31.5 Å². The van der Waals surface area contributed by atoms with E-state index >= 15 is 0 Å². The van der Waals surface area contributed by atoms with Gasteiger partial charge in [-0.15, -0.1) is 12.4 Å². The van der Waals surface area contributed by atoms with Gasteiger partial charge in [0, 0.05) is 13.1 Å². The monoisotopic (exact) mass is 269 g/mol. The van der Waals surface area contributed by atoms with Crippen molar-refractivity contribution in [3.63, 3.8) is 0 Å². The summed E-state index contributed by atoms with van der Waals surface area (Å²) in [6.07, 6.45) is 3.24. The van der Waals surface area contributed by atoms with Crippen LogP contribution in [-0.4, -0.2) is 24.1 Å². The van der Waals surface area contributed by atoms with Gasteiger partial charge in [-0.2, -0.15) is 0 Å². The lowest BCUT2D eigenvalue weighted by atomic mass is 10.1. The molecule has 1 amide bonds. The number of carbonyl (C=O) groups excluding carboxylic acids is 1. The van der Waals surface area contributed by atoms with E-state index in [1.165, 1.54) is 12.0 Å². The SMILES string of the molecule is Cc1ccc(COC(=O)N2CCCCC2)cc1.Cl. The van der Waals surface area contributed by atoms with Gasteiger partial charge in [0.1, 0.15) is 6.61 Å². The Morgan fingerprint density at radius 1 is 1.17 bits per heavy atom. The van der Waals surface area contributed by atoms with Crippen LogP contribution in [0.3, 0.4) is 0 Å². The molecule has 0 aliphatic carbocycles. The minimum absolute atomic E-state index is 0. The van der Waals surface area contributed by atoms with E-state index < -0.39 is 0 Å². The van der Waals surface area contributed by atoms with Crippen LogP contribution < -0.4 is 0 Å². The molecule has 1 aromatic rings. The van der Waals surface area contributed by atoms with Crippen molar-refractivity contribution in [3.05, 3.63) is 35.4 Å². The van der Waals surface area contributed by atoms with Crippen molar-refractivity contribution >= 4 is 18.5 Å². The zero-order valence-corrected chi connectivity index (χ0v) is 11.5. The van der Waals surface area contributed by atoms with Crippen molar-refractivity contribution in [3.8, 4) is 0 Å². The Bertz CT molecular complexity index is 372. The number of aryl methyl sites for hydroxylation is 1. The molecule has 1 aromatic carbocycles. The molecule has 0 aromatic heterocycles. The molecule has 3 nitrogen and oxygen atoms in total. The van der Waals surface area contributed by atoms with Crippen molar-refractivity contribution in [2.45, 2.75) is 32.8 Å². The number of hydrogen-bond acceptors (Lipinski definition) is 2. The molecule has 0 N–H and O–H groups in total. The van der Waals surface area contributed by atoms with Crippen molar-refractivity contribution in [1.82, 2.24) is 4.90 Å². The van der Waals surface area contributed by atoms with Crippen molar-refractivity contribution in [1.29, 1.82) is 0 Å². The molecule has 0 spiro atoms. The molecule has 0 unspecified atom stereocenters. The Morgan fingerprint density at radius 3 is 2.39 bits per heavy atom. The second-order valence-corrected chi connectivity index (χ2v) is 4.59. The predicted octanol–water partition coefficient (Wildman–Crippen LogP) is 3.54. The molecule has 1 saturated heterocycles. The van der Waals surface area contributed by atoms with Crippen LogP contribution in [-0.2, 0) is 11.3 Å². The van der Waals surface area contributed by atoms with Crippen molar-refractivity contribution in [2.24, 2.45) is 0 Å². The number of piperidine rings is 1. The first-order chi connectivity index (χ1) is 8.25. The second kappa shape index (κ2) is 7.27. The van der Waals surface area contributed by atoms with E-state index in [-0.39, 0.29) is 18.5 Å². The summed E-state index contributed by atoms with van der Waals surface area (Å²) in [7, 11) is 0. The molecule has 18 heavy (non-hydrogen) atoms. The number of halogens is 1. The topological polar surface area (TPSA) is 29.5 Å². The summed E-state index contributed by atoms with van der Waals surface area (Å²) in [4.78, 5) is 13.5. The molecule has 4 heteroatoms. The van der Waals surface area contributed by atoms with E-state index in [2.05, 4.69) is 0 Å². The Hall–Kier alpha value is -1.22. The standard InChI is InChI=1S/C14H19NO2.ClH/c1-12-5-7-13(8-6-12)11-17-14(16)15-9-3-2-4-10-15;/h5-8H,2-4,9-11H2,1H3;1H. The van der Waals surface area contributed by atoms with E-state index in [0.29, 0.717) is 6.61 Å². The number of ether oxygens (including phenoxy) is 1. The van der Waals surface area contributed by atoms with Gasteiger partial charge in [-0.1, -0.05) is 29.8 Å². The Morgan fingerprint density at radius 2 is 1.78 bits per heavy atom. The van der Waals surface area contributed by atoms with Gasteiger partial charge >= 0.3 is 6.09 Å². The summed E-state index contributed by atoms with van der Waals surface area (Å²) in [5.41, 5.74) is 2.26. The van der Waals surface area contributed by atoms with E-state index in [1.807, 2.05) is 31.2 Å². The Balaban J connectivity index is 0.00000162. The summed E-state index contributed by atoms with van der Waals surface area (Å²) in [6.45, 7) is 4.10. The first kappa shape index (κ1) is 14.8. The lowest BCUT2D eigenvalue weighted by Gasteiger charge is -2.25. The zero-order chi connectivity index (χ0) is 12.1. The number of nitrogens with zero attached hydrogens (tertiary/aromatic N) is 1. The van der Waals surface area contributed by atoms with Gasteiger partial charge in [0.05, 0.1) is 0 Å². The quantitative estimate of drug-likeness (QED) is 0.822. The smallest absolute Gasteiger partial charge is 0.410 e. The van der Waals surface area contributed by atoms with Crippen LogP contribution in [0.15, 0.2) is 24.3 Å². The molecule has 1 aliphatic heterocycles. The third-order valence-electron chi connectivity index (χ3n) is 3.10. The molecule has 1 fully saturated rings. The van der Waals surface area contributed by atoms with E-state index in [9.17, 15) is 4.79 Å². The molecule has 0 saturated carbocycles. The number of amides is 1. The summed E-state index contributed by atoms with van der Waals surface area (Å²) < 4.78 is 5.29. The first-order valence-electron chi connectivity index (χ1n) is 6.23. The van der Waals surface area contributed by atoms with E-state index in [4.69, 9.17) is 4.74 Å².